The highest BCUT2D eigenvalue weighted by atomic mass is 16.5. The van der Waals surface area contributed by atoms with Gasteiger partial charge in [-0.2, -0.15) is 0 Å². The standard InChI is InChI=1S/C18H28N2O/c1-4-11-20(12-5-1)18-9-3-2-7-17(18)8-6-10-19-13-15-21-16-14-19/h2-3,7,9H,1,4-6,8,10-16H2. The lowest BCUT2D eigenvalue weighted by molar-refractivity contribution is 0.0375. The number of anilines is 1. The van der Waals surface area contributed by atoms with Crippen molar-refractivity contribution in [2.24, 2.45) is 0 Å². The fourth-order valence-electron chi connectivity index (χ4n) is 3.48. The summed E-state index contributed by atoms with van der Waals surface area (Å²) in [6, 6.07) is 9.02. The van der Waals surface area contributed by atoms with Crippen molar-refractivity contribution in [3.8, 4) is 0 Å². The molecular weight excluding hydrogens is 260 g/mol. The van der Waals surface area contributed by atoms with Gasteiger partial charge in [0.1, 0.15) is 0 Å². The molecule has 1 aromatic rings. The van der Waals surface area contributed by atoms with Gasteiger partial charge in [-0.05, 0) is 50.3 Å². The second kappa shape index (κ2) is 7.81. The summed E-state index contributed by atoms with van der Waals surface area (Å²) in [7, 11) is 0. The molecule has 1 aromatic carbocycles. The Labute approximate surface area is 128 Å². The molecule has 0 aliphatic carbocycles. The van der Waals surface area contributed by atoms with Crippen molar-refractivity contribution in [1.82, 2.24) is 4.90 Å². The Balaban J connectivity index is 1.54. The van der Waals surface area contributed by atoms with Crippen LogP contribution in [-0.2, 0) is 11.2 Å². The summed E-state index contributed by atoms with van der Waals surface area (Å²) in [5.74, 6) is 0. The van der Waals surface area contributed by atoms with Crippen LogP contribution in [-0.4, -0.2) is 50.8 Å². The van der Waals surface area contributed by atoms with E-state index in [4.69, 9.17) is 4.74 Å². The van der Waals surface area contributed by atoms with E-state index in [0.29, 0.717) is 0 Å². The molecular formula is C18H28N2O. The van der Waals surface area contributed by atoms with Gasteiger partial charge in [-0.1, -0.05) is 18.2 Å². The first kappa shape index (κ1) is 14.9. The Hall–Kier alpha value is -1.06. The van der Waals surface area contributed by atoms with E-state index in [1.54, 1.807) is 0 Å². The predicted octanol–water partition coefficient (Wildman–Crippen LogP) is 2.94. The van der Waals surface area contributed by atoms with E-state index < -0.39 is 0 Å². The number of benzene rings is 1. The van der Waals surface area contributed by atoms with E-state index in [1.807, 2.05) is 0 Å². The minimum Gasteiger partial charge on any atom is -0.379 e. The van der Waals surface area contributed by atoms with Gasteiger partial charge in [0.05, 0.1) is 13.2 Å². The SMILES string of the molecule is c1ccc(N2CCCCC2)c(CCCN2CCOCC2)c1. The lowest BCUT2D eigenvalue weighted by Crippen LogP contribution is -2.37. The van der Waals surface area contributed by atoms with E-state index in [9.17, 15) is 0 Å². The van der Waals surface area contributed by atoms with Crippen LogP contribution in [0.15, 0.2) is 24.3 Å². The molecule has 2 aliphatic rings. The van der Waals surface area contributed by atoms with Gasteiger partial charge in [0, 0.05) is 31.9 Å². The van der Waals surface area contributed by atoms with Gasteiger partial charge in [-0.25, -0.2) is 0 Å². The van der Waals surface area contributed by atoms with Crippen LogP contribution in [0, 0.1) is 0 Å². The van der Waals surface area contributed by atoms with Crippen LogP contribution in [0.4, 0.5) is 5.69 Å². The second-order valence-electron chi connectivity index (χ2n) is 6.23. The van der Waals surface area contributed by atoms with Gasteiger partial charge in [-0.3, -0.25) is 4.90 Å². The number of hydrogen-bond donors (Lipinski definition) is 0. The molecule has 0 unspecified atom stereocenters. The van der Waals surface area contributed by atoms with E-state index >= 15 is 0 Å². The molecule has 0 saturated carbocycles. The van der Waals surface area contributed by atoms with E-state index in [0.717, 1.165) is 26.3 Å². The molecule has 0 N–H and O–H groups in total. The highest BCUT2D eigenvalue weighted by Crippen LogP contribution is 2.25. The Morgan fingerprint density at radius 2 is 1.67 bits per heavy atom. The number of ether oxygens (including phenoxy) is 1. The van der Waals surface area contributed by atoms with Gasteiger partial charge in [0.2, 0.25) is 0 Å². The lowest BCUT2D eigenvalue weighted by Gasteiger charge is -2.31. The zero-order valence-electron chi connectivity index (χ0n) is 13.1. The number of nitrogens with zero attached hydrogens (tertiary/aromatic N) is 2. The Bertz CT molecular complexity index is 423. The van der Waals surface area contributed by atoms with Crippen LogP contribution in [0.25, 0.3) is 0 Å². The monoisotopic (exact) mass is 288 g/mol. The average molecular weight is 288 g/mol. The fourth-order valence-corrected chi connectivity index (χ4v) is 3.48. The molecule has 2 aliphatic heterocycles. The van der Waals surface area contributed by atoms with Crippen molar-refractivity contribution in [3.05, 3.63) is 29.8 Å². The number of piperidine rings is 1. The molecule has 2 fully saturated rings. The van der Waals surface area contributed by atoms with E-state index in [2.05, 4.69) is 34.1 Å². The summed E-state index contributed by atoms with van der Waals surface area (Å²) < 4.78 is 5.41. The molecule has 2 saturated heterocycles. The molecule has 0 bridgehead atoms. The van der Waals surface area contributed by atoms with Crippen molar-refractivity contribution in [2.45, 2.75) is 32.1 Å². The maximum absolute atomic E-state index is 5.41. The smallest absolute Gasteiger partial charge is 0.0594 e. The molecule has 0 amide bonds. The highest BCUT2D eigenvalue weighted by molar-refractivity contribution is 5.54. The number of morpholine rings is 1. The number of rotatable bonds is 5. The third-order valence-electron chi connectivity index (χ3n) is 4.71. The van der Waals surface area contributed by atoms with Gasteiger partial charge in [0.15, 0.2) is 0 Å². The van der Waals surface area contributed by atoms with E-state index in [1.165, 1.54) is 63.0 Å². The molecule has 2 heterocycles. The molecule has 0 radical (unpaired) electrons. The van der Waals surface area contributed by atoms with Crippen molar-refractivity contribution in [1.29, 1.82) is 0 Å². The summed E-state index contributed by atoms with van der Waals surface area (Å²) in [5, 5.41) is 0. The highest BCUT2D eigenvalue weighted by Gasteiger charge is 2.14. The van der Waals surface area contributed by atoms with Gasteiger partial charge < -0.3 is 9.64 Å². The first-order chi connectivity index (χ1) is 10.4. The topological polar surface area (TPSA) is 15.7 Å². The Kier molecular flexibility index (Phi) is 5.53. The molecule has 0 spiro atoms. The Morgan fingerprint density at radius 3 is 2.48 bits per heavy atom. The van der Waals surface area contributed by atoms with Gasteiger partial charge in [0.25, 0.3) is 0 Å². The zero-order valence-corrected chi connectivity index (χ0v) is 13.1. The Morgan fingerprint density at radius 1 is 0.905 bits per heavy atom. The number of aryl methyl sites for hydroxylation is 1. The summed E-state index contributed by atoms with van der Waals surface area (Å²) in [6.07, 6.45) is 6.55. The average Bonchev–Trinajstić information content (AvgIpc) is 2.57. The van der Waals surface area contributed by atoms with Gasteiger partial charge >= 0.3 is 0 Å². The minimum atomic E-state index is 0.907. The van der Waals surface area contributed by atoms with Crippen LogP contribution in [0.1, 0.15) is 31.2 Å². The summed E-state index contributed by atoms with van der Waals surface area (Å²) in [4.78, 5) is 5.13. The minimum absolute atomic E-state index is 0.907. The maximum Gasteiger partial charge on any atom is 0.0594 e. The molecule has 3 nitrogen and oxygen atoms in total. The fraction of sp³-hybridized carbons (Fsp3) is 0.667. The lowest BCUT2D eigenvalue weighted by atomic mass is 10.0. The maximum atomic E-state index is 5.41. The summed E-state index contributed by atoms with van der Waals surface area (Å²) in [5.41, 5.74) is 3.02. The normalized spacial score (nSPS) is 20.7. The third kappa shape index (κ3) is 4.21. The van der Waals surface area contributed by atoms with Crippen molar-refractivity contribution < 1.29 is 4.74 Å². The molecule has 3 rings (SSSR count). The first-order valence-corrected chi connectivity index (χ1v) is 8.56. The van der Waals surface area contributed by atoms with Crippen molar-refractivity contribution >= 4 is 5.69 Å². The molecule has 0 atom stereocenters. The van der Waals surface area contributed by atoms with Crippen molar-refractivity contribution in [3.63, 3.8) is 0 Å². The molecule has 3 heteroatoms. The van der Waals surface area contributed by atoms with Crippen LogP contribution in [0.2, 0.25) is 0 Å². The zero-order chi connectivity index (χ0) is 14.3. The van der Waals surface area contributed by atoms with Gasteiger partial charge in [-0.15, -0.1) is 0 Å². The van der Waals surface area contributed by atoms with E-state index in [-0.39, 0.29) is 0 Å². The summed E-state index contributed by atoms with van der Waals surface area (Å²) >= 11 is 0. The predicted molar refractivity (Wildman–Crippen MR) is 88.1 cm³/mol. The van der Waals surface area contributed by atoms with Crippen LogP contribution >= 0.6 is 0 Å². The quantitative estimate of drug-likeness (QED) is 0.828. The number of para-hydroxylation sites is 1. The van der Waals surface area contributed by atoms with Crippen LogP contribution in [0.3, 0.4) is 0 Å². The largest absolute Gasteiger partial charge is 0.379 e. The molecule has 116 valence electrons. The number of hydrogen-bond acceptors (Lipinski definition) is 3. The van der Waals surface area contributed by atoms with Crippen LogP contribution in [0.5, 0.6) is 0 Å². The first-order valence-electron chi connectivity index (χ1n) is 8.56. The van der Waals surface area contributed by atoms with Crippen molar-refractivity contribution in [2.75, 3.05) is 50.8 Å². The molecule has 21 heavy (non-hydrogen) atoms. The molecule has 0 aromatic heterocycles. The third-order valence-corrected chi connectivity index (χ3v) is 4.71. The second-order valence-corrected chi connectivity index (χ2v) is 6.23. The van der Waals surface area contributed by atoms with Crippen LogP contribution < -0.4 is 4.90 Å². The summed E-state index contributed by atoms with van der Waals surface area (Å²) in [6.45, 7) is 7.70.